The Morgan fingerprint density at radius 2 is 1.85 bits per heavy atom. The molecule has 1 atom stereocenters. The highest BCUT2D eigenvalue weighted by Crippen LogP contribution is 2.26. The highest BCUT2D eigenvalue weighted by Gasteiger charge is 2.22. The molecule has 1 saturated heterocycles. The largest absolute Gasteiger partial charge is 0.374 e. The second kappa shape index (κ2) is 8.03. The average molecular weight is 362 g/mol. The van der Waals surface area contributed by atoms with Crippen LogP contribution in [0, 0.1) is 0 Å². The Kier molecular flexibility index (Phi) is 5.32. The quantitative estimate of drug-likeness (QED) is 0.694. The Morgan fingerprint density at radius 3 is 2.63 bits per heavy atom. The molecule has 1 aliphatic heterocycles. The van der Waals surface area contributed by atoms with E-state index in [1.165, 1.54) is 16.7 Å². The third-order valence-corrected chi connectivity index (χ3v) is 5.13. The molecule has 0 saturated carbocycles. The zero-order valence-electron chi connectivity index (χ0n) is 16.0. The molecule has 5 nitrogen and oxygen atoms in total. The second-order valence-corrected chi connectivity index (χ2v) is 7.35. The standard InChI is InChI=1S/C22H26N4O/c1-17(2)25-10-11-27-22(15-25)16-26-14-21(13-24-26)20-5-3-4-19(12-20)18-6-8-23-9-7-18/h3-9,12-14,17,22H,10-11,15-16H2,1-2H3. The van der Waals surface area contributed by atoms with Crippen LogP contribution in [0.15, 0.2) is 61.2 Å². The molecular formula is C22H26N4O. The highest BCUT2D eigenvalue weighted by molar-refractivity contribution is 5.72. The van der Waals surface area contributed by atoms with E-state index in [1.54, 1.807) is 0 Å². The van der Waals surface area contributed by atoms with Crippen LogP contribution in [0.3, 0.4) is 0 Å². The summed E-state index contributed by atoms with van der Waals surface area (Å²) in [5, 5.41) is 4.57. The van der Waals surface area contributed by atoms with Gasteiger partial charge >= 0.3 is 0 Å². The van der Waals surface area contributed by atoms with Gasteiger partial charge in [0, 0.05) is 43.3 Å². The number of rotatable bonds is 5. The molecule has 1 aliphatic rings. The number of hydrogen-bond donors (Lipinski definition) is 0. The number of benzene rings is 1. The van der Waals surface area contributed by atoms with E-state index in [4.69, 9.17) is 4.74 Å². The van der Waals surface area contributed by atoms with Crippen LogP contribution in [0.25, 0.3) is 22.3 Å². The summed E-state index contributed by atoms with van der Waals surface area (Å²) < 4.78 is 7.95. The summed E-state index contributed by atoms with van der Waals surface area (Å²) >= 11 is 0. The molecule has 0 spiro atoms. The first kappa shape index (κ1) is 17.9. The van der Waals surface area contributed by atoms with Gasteiger partial charge in [0.2, 0.25) is 0 Å². The van der Waals surface area contributed by atoms with E-state index in [-0.39, 0.29) is 6.10 Å². The van der Waals surface area contributed by atoms with Gasteiger partial charge in [0.1, 0.15) is 0 Å². The molecule has 5 heteroatoms. The van der Waals surface area contributed by atoms with Gasteiger partial charge in [0.05, 0.1) is 25.5 Å². The first-order valence-corrected chi connectivity index (χ1v) is 9.58. The fraction of sp³-hybridized carbons (Fsp3) is 0.364. The normalized spacial score (nSPS) is 18.1. The average Bonchev–Trinajstić information content (AvgIpc) is 3.17. The van der Waals surface area contributed by atoms with Gasteiger partial charge in [0.25, 0.3) is 0 Å². The SMILES string of the molecule is CC(C)N1CCOC(Cn2cc(-c3cccc(-c4ccncc4)c3)cn2)C1. The van der Waals surface area contributed by atoms with Crippen molar-refractivity contribution in [2.24, 2.45) is 0 Å². The van der Waals surface area contributed by atoms with Gasteiger partial charge in [-0.1, -0.05) is 18.2 Å². The monoisotopic (exact) mass is 362 g/mol. The zero-order valence-corrected chi connectivity index (χ0v) is 16.0. The third kappa shape index (κ3) is 4.26. The van der Waals surface area contributed by atoms with Gasteiger partial charge in [-0.3, -0.25) is 14.6 Å². The predicted molar refractivity (Wildman–Crippen MR) is 107 cm³/mol. The number of nitrogens with zero attached hydrogens (tertiary/aromatic N) is 4. The summed E-state index contributed by atoms with van der Waals surface area (Å²) in [7, 11) is 0. The van der Waals surface area contributed by atoms with Crippen LogP contribution >= 0.6 is 0 Å². The minimum atomic E-state index is 0.192. The molecule has 3 aromatic rings. The van der Waals surface area contributed by atoms with E-state index in [0.717, 1.165) is 31.8 Å². The Bertz CT molecular complexity index is 875. The summed E-state index contributed by atoms with van der Waals surface area (Å²) in [6.45, 7) is 8.04. The molecule has 27 heavy (non-hydrogen) atoms. The van der Waals surface area contributed by atoms with Crippen LogP contribution in [0.5, 0.6) is 0 Å². The fourth-order valence-electron chi connectivity index (χ4n) is 3.57. The smallest absolute Gasteiger partial charge is 0.0898 e. The van der Waals surface area contributed by atoms with E-state index in [9.17, 15) is 0 Å². The van der Waals surface area contributed by atoms with Gasteiger partial charge in [0.15, 0.2) is 0 Å². The van der Waals surface area contributed by atoms with Gasteiger partial charge in [-0.05, 0) is 48.7 Å². The van der Waals surface area contributed by atoms with Crippen molar-refractivity contribution in [2.45, 2.75) is 32.5 Å². The van der Waals surface area contributed by atoms with Crippen molar-refractivity contribution in [1.29, 1.82) is 0 Å². The van der Waals surface area contributed by atoms with Crippen molar-refractivity contribution >= 4 is 0 Å². The van der Waals surface area contributed by atoms with Crippen LogP contribution in [-0.4, -0.2) is 51.5 Å². The number of morpholine rings is 1. The molecule has 140 valence electrons. The molecule has 3 heterocycles. The summed E-state index contributed by atoms with van der Waals surface area (Å²) in [4.78, 5) is 6.57. The Balaban J connectivity index is 1.48. The van der Waals surface area contributed by atoms with Crippen LogP contribution in [-0.2, 0) is 11.3 Å². The van der Waals surface area contributed by atoms with Gasteiger partial charge in [-0.15, -0.1) is 0 Å². The number of pyridine rings is 1. The summed E-state index contributed by atoms with van der Waals surface area (Å²) in [6.07, 6.45) is 7.89. The summed E-state index contributed by atoms with van der Waals surface area (Å²) in [5.41, 5.74) is 4.65. The fourth-order valence-corrected chi connectivity index (χ4v) is 3.57. The molecule has 0 amide bonds. The molecule has 0 radical (unpaired) electrons. The van der Waals surface area contributed by atoms with E-state index in [2.05, 4.69) is 59.3 Å². The Labute approximate surface area is 160 Å². The predicted octanol–water partition coefficient (Wildman–Crippen LogP) is 3.72. The maximum absolute atomic E-state index is 5.95. The van der Waals surface area contributed by atoms with Crippen molar-refractivity contribution in [1.82, 2.24) is 19.7 Å². The molecule has 2 aromatic heterocycles. The number of hydrogen-bond acceptors (Lipinski definition) is 4. The van der Waals surface area contributed by atoms with Crippen molar-refractivity contribution in [3.05, 3.63) is 61.2 Å². The van der Waals surface area contributed by atoms with Crippen LogP contribution in [0.1, 0.15) is 13.8 Å². The number of aromatic nitrogens is 3. The topological polar surface area (TPSA) is 43.2 Å². The van der Waals surface area contributed by atoms with Crippen molar-refractivity contribution < 1.29 is 4.74 Å². The molecule has 0 aliphatic carbocycles. The molecule has 1 aromatic carbocycles. The lowest BCUT2D eigenvalue weighted by Crippen LogP contribution is -2.47. The van der Waals surface area contributed by atoms with E-state index in [1.807, 2.05) is 35.4 Å². The summed E-state index contributed by atoms with van der Waals surface area (Å²) in [5.74, 6) is 0. The van der Waals surface area contributed by atoms with Crippen molar-refractivity contribution in [3.8, 4) is 22.3 Å². The highest BCUT2D eigenvalue weighted by atomic mass is 16.5. The third-order valence-electron chi connectivity index (χ3n) is 5.13. The van der Waals surface area contributed by atoms with Crippen LogP contribution < -0.4 is 0 Å². The zero-order chi connectivity index (χ0) is 18.6. The molecule has 1 fully saturated rings. The molecule has 0 bridgehead atoms. The minimum Gasteiger partial charge on any atom is -0.374 e. The van der Waals surface area contributed by atoms with Crippen LogP contribution in [0.4, 0.5) is 0 Å². The van der Waals surface area contributed by atoms with Gasteiger partial charge in [-0.25, -0.2) is 0 Å². The minimum absolute atomic E-state index is 0.192. The summed E-state index contributed by atoms with van der Waals surface area (Å²) in [6, 6.07) is 13.2. The molecular weight excluding hydrogens is 336 g/mol. The second-order valence-electron chi connectivity index (χ2n) is 7.35. The van der Waals surface area contributed by atoms with Crippen molar-refractivity contribution in [3.63, 3.8) is 0 Å². The van der Waals surface area contributed by atoms with Crippen LogP contribution in [0.2, 0.25) is 0 Å². The van der Waals surface area contributed by atoms with E-state index >= 15 is 0 Å². The lowest BCUT2D eigenvalue weighted by Gasteiger charge is -2.35. The maximum atomic E-state index is 5.95. The van der Waals surface area contributed by atoms with E-state index < -0.39 is 0 Å². The molecule has 0 N–H and O–H groups in total. The lowest BCUT2D eigenvalue weighted by atomic mass is 10.0. The first-order valence-electron chi connectivity index (χ1n) is 9.58. The number of ether oxygens (including phenoxy) is 1. The molecule has 4 rings (SSSR count). The maximum Gasteiger partial charge on any atom is 0.0898 e. The van der Waals surface area contributed by atoms with Crippen molar-refractivity contribution in [2.75, 3.05) is 19.7 Å². The van der Waals surface area contributed by atoms with Gasteiger partial charge in [-0.2, -0.15) is 5.10 Å². The Morgan fingerprint density at radius 1 is 1.07 bits per heavy atom. The van der Waals surface area contributed by atoms with Gasteiger partial charge < -0.3 is 4.74 Å². The van der Waals surface area contributed by atoms with E-state index in [0.29, 0.717) is 6.04 Å². The first-order chi connectivity index (χ1) is 13.2. The Hall–Kier alpha value is -2.50. The molecule has 1 unspecified atom stereocenters. The lowest BCUT2D eigenvalue weighted by molar-refractivity contribution is -0.0469.